The molecule has 1 aromatic heterocycles. The van der Waals surface area contributed by atoms with Gasteiger partial charge in [-0.1, -0.05) is 5.16 Å². The molecule has 0 saturated heterocycles. The molecular weight excluding hydrogens is 291 g/mol. The zero-order valence-corrected chi connectivity index (χ0v) is 11.2. The molecule has 2 rings (SSSR count). The number of hydrogen-bond donors (Lipinski definition) is 1. The molecule has 1 aliphatic heterocycles. The highest BCUT2D eigenvalue weighted by Crippen LogP contribution is 2.34. The molecule has 1 aliphatic rings. The molecule has 0 amide bonds. The van der Waals surface area contributed by atoms with Crippen LogP contribution < -0.4 is 5.73 Å². The fraction of sp³-hybridized carbons (Fsp3) is 0.417. The SMILES string of the molecule is COC(=O)c1nc(C2CC(C(F)(F)F)=NO2)cc(N)c1C. The van der Waals surface area contributed by atoms with Crippen molar-refractivity contribution in [3.05, 3.63) is 23.0 Å². The average Bonchev–Trinajstić information content (AvgIpc) is 2.90. The average molecular weight is 303 g/mol. The van der Waals surface area contributed by atoms with E-state index >= 15 is 0 Å². The lowest BCUT2D eigenvalue weighted by Crippen LogP contribution is -2.21. The number of nitrogens with zero attached hydrogens (tertiary/aromatic N) is 2. The molecule has 21 heavy (non-hydrogen) atoms. The second-order valence-corrected chi connectivity index (χ2v) is 4.44. The molecule has 0 bridgehead atoms. The summed E-state index contributed by atoms with van der Waals surface area (Å²) in [6.45, 7) is 1.56. The van der Waals surface area contributed by atoms with Crippen molar-refractivity contribution in [2.75, 3.05) is 12.8 Å². The fourth-order valence-corrected chi connectivity index (χ4v) is 1.81. The van der Waals surface area contributed by atoms with Gasteiger partial charge in [0.2, 0.25) is 0 Å². The van der Waals surface area contributed by atoms with E-state index < -0.39 is 30.4 Å². The van der Waals surface area contributed by atoms with Crippen LogP contribution in [0.15, 0.2) is 11.2 Å². The quantitative estimate of drug-likeness (QED) is 0.846. The number of aromatic nitrogens is 1. The summed E-state index contributed by atoms with van der Waals surface area (Å²) < 4.78 is 42.1. The van der Waals surface area contributed by atoms with Gasteiger partial charge in [-0.15, -0.1) is 0 Å². The Bertz CT molecular complexity index is 614. The zero-order chi connectivity index (χ0) is 15.8. The van der Waals surface area contributed by atoms with Crippen LogP contribution in [0.4, 0.5) is 18.9 Å². The Morgan fingerprint density at radius 1 is 1.52 bits per heavy atom. The van der Waals surface area contributed by atoms with Gasteiger partial charge in [0.25, 0.3) is 0 Å². The lowest BCUT2D eigenvalue weighted by molar-refractivity contribution is -0.0604. The molecule has 0 spiro atoms. The third-order valence-corrected chi connectivity index (χ3v) is 3.04. The van der Waals surface area contributed by atoms with Crippen molar-refractivity contribution >= 4 is 17.4 Å². The van der Waals surface area contributed by atoms with Gasteiger partial charge in [0.15, 0.2) is 17.5 Å². The number of alkyl halides is 3. The Kier molecular flexibility index (Phi) is 3.75. The predicted octanol–water partition coefficient (Wildman–Crippen LogP) is 2.14. The van der Waals surface area contributed by atoms with Gasteiger partial charge < -0.3 is 15.3 Å². The van der Waals surface area contributed by atoms with E-state index in [0.717, 1.165) is 0 Å². The number of halogens is 3. The molecule has 0 aliphatic carbocycles. The van der Waals surface area contributed by atoms with Crippen LogP contribution in [-0.4, -0.2) is 30.0 Å². The van der Waals surface area contributed by atoms with Crippen molar-refractivity contribution in [1.82, 2.24) is 4.98 Å². The third kappa shape index (κ3) is 2.91. The van der Waals surface area contributed by atoms with E-state index in [2.05, 4.69) is 14.9 Å². The van der Waals surface area contributed by atoms with E-state index in [0.29, 0.717) is 5.56 Å². The zero-order valence-electron chi connectivity index (χ0n) is 11.2. The molecule has 1 atom stereocenters. The molecule has 1 unspecified atom stereocenters. The van der Waals surface area contributed by atoms with Crippen LogP contribution in [0.5, 0.6) is 0 Å². The Morgan fingerprint density at radius 2 is 2.19 bits per heavy atom. The van der Waals surface area contributed by atoms with Gasteiger partial charge in [-0.25, -0.2) is 9.78 Å². The summed E-state index contributed by atoms with van der Waals surface area (Å²) in [6, 6.07) is 1.36. The summed E-state index contributed by atoms with van der Waals surface area (Å²) in [7, 11) is 1.17. The minimum absolute atomic E-state index is 0.0587. The van der Waals surface area contributed by atoms with Gasteiger partial charge in [0.05, 0.1) is 12.8 Å². The van der Waals surface area contributed by atoms with Gasteiger partial charge in [-0.3, -0.25) is 0 Å². The Balaban J connectivity index is 2.31. The number of carbonyl (C=O) groups is 1. The topological polar surface area (TPSA) is 86.8 Å². The van der Waals surface area contributed by atoms with E-state index in [9.17, 15) is 18.0 Å². The van der Waals surface area contributed by atoms with Crippen LogP contribution in [-0.2, 0) is 9.57 Å². The van der Waals surface area contributed by atoms with E-state index in [-0.39, 0.29) is 17.1 Å². The normalized spacial score (nSPS) is 18.1. The first kappa shape index (κ1) is 15.1. The van der Waals surface area contributed by atoms with Crippen LogP contribution in [0.25, 0.3) is 0 Å². The van der Waals surface area contributed by atoms with Crippen molar-refractivity contribution in [1.29, 1.82) is 0 Å². The third-order valence-electron chi connectivity index (χ3n) is 3.04. The van der Waals surface area contributed by atoms with Crippen LogP contribution in [0.1, 0.15) is 34.3 Å². The number of hydrogen-bond acceptors (Lipinski definition) is 6. The maximum atomic E-state index is 12.5. The van der Waals surface area contributed by atoms with Gasteiger partial charge in [-0.2, -0.15) is 13.2 Å². The van der Waals surface area contributed by atoms with Gasteiger partial charge in [-0.05, 0) is 13.0 Å². The van der Waals surface area contributed by atoms with Crippen molar-refractivity contribution in [2.24, 2.45) is 5.16 Å². The monoisotopic (exact) mass is 303 g/mol. The van der Waals surface area contributed by atoms with Crippen LogP contribution in [0, 0.1) is 6.92 Å². The summed E-state index contributed by atoms with van der Waals surface area (Å²) in [5.41, 5.74) is 5.35. The molecule has 0 saturated carbocycles. The number of oxime groups is 1. The largest absolute Gasteiger partial charge is 0.464 e. The lowest BCUT2D eigenvalue weighted by Gasteiger charge is -2.13. The minimum atomic E-state index is -4.56. The van der Waals surface area contributed by atoms with E-state index in [1.807, 2.05) is 0 Å². The summed E-state index contributed by atoms with van der Waals surface area (Å²) in [5.74, 6) is -0.726. The number of ether oxygens (including phenoxy) is 1. The molecule has 9 heteroatoms. The second-order valence-electron chi connectivity index (χ2n) is 4.44. The van der Waals surface area contributed by atoms with Crippen LogP contribution in [0.2, 0.25) is 0 Å². The molecule has 2 heterocycles. The molecule has 6 nitrogen and oxygen atoms in total. The Labute approximate surface area is 117 Å². The maximum absolute atomic E-state index is 12.5. The number of methoxy groups -OCH3 is 1. The molecule has 0 radical (unpaired) electrons. The highest BCUT2D eigenvalue weighted by atomic mass is 19.4. The first-order valence-electron chi connectivity index (χ1n) is 5.89. The lowest BCUT2D eigenvalue weighted by atomic mass is 10.1. The number of carbonyl (C=O) groups excluding carboxylic acids is 1. The minimum Gasteiger partial charge on any atom is -0.464 e. The number of pyridine rings is 1. The Hall–Kier alpha value is -2.32. The molecular formula is C12H12F3N3O3. The fourth-order valence-electron chi connectivity index (χ4n) is 1.81. The number of nitrogen functional groups attached to an aromatic ring is 1. The highest BCUT2D eigenvalue weighted by molar-refractivity contribution is 5.91. The number of esters is 1. The summed E-state index contributed by atoms with van der Waals surface area (Å²) in [5, 5.41) is 3.01. The molecule has 0 aromatic carbocycles. The first-order chi connectivity index (χ1) is 9.74. The predicted molar refractivity (Wildman–Crippen MR) is 66.7 cm³/mol. The number of anilines is 1. The molecule has 1 aromatic rings. The summed E-state index contributed by atoms with van der Waals surface area (Å²) in [6.07, 6.45) is -6.08. The summed E-state index contributed by atoms with van der Waals surface area (Å²) >= 11 is 0. The van der Waals surface area contributed by atoms with Gasteiger partial charge in [0, 0.05) is 17.7 Å². The van der Waals surface area contributed by atoms with Crippen LogP contribution >= 0.6 is 0 Å². The smallest absolute Gasteiger partial charge is 0.432 e. The Morgan fingerprint density at radius 3 is 2.71 bits per heavy atom. The summed E-state index contributed by atoms with van der Waals surface area (Å²) in [4.78, 5) is 20.3. The van der Waals surface area contributed by atoms with Gasteiger partial charge >= 0.3 is 12.1 Å². The van der Waals surface area contributed by atoms with Crippen molar-refractivity contribution in [3.8, 4) is 0 Å². The van der Waals surface area contributed by atoms with Gasteiger partial charge in [0.1, 0.15) is 0 Å². The molecule has 114 valence electrons. The van der Waals surface area contributed by atoms with E-state index in [1.54, 1.807) is 6.92 Å². The van der Waals surface area contributed by atoms with Crippen molar-refractivity contribution < 1.29 is 27.5 Å². The van der Waals surface area contributed by atoms with E-state index in [4.69, 9.17) is 10.6 Å². The highest BCUT2D eigenvalue weighted by Gasteiger charge is 2.42. The molecule has 2 N–H and O–H groups in total. The molecule has 0 fully saturated rings. The van der Waals surface area contributed by atoms with Crippen molar-refractivity contribution in [3.63, 3.8) is 0 Å². The standard InChI is InChI=1S/C12H12F3N3O3/c1-5-6(16)3-7(17-10(5)11(19)20-2)8-4-9(18-21-8)12(13,14)15/h3,8H,4H2,1-2H3,(H2,16,17). The first-order valence-corrected chi connectivity index (χ1v) is 5.89. The number of rotatable bonds is 2. The second kappa shape index (κ2) is 5.23. The van der Waals surface area contributed by atoms with E-state index in [1.165, 1.54) is 13.2 Å². The van der Waals surface area contributed by atoms with Crippen LogP contribution in [0.3, 0.4) is 0 Å². The maximum Gasteiger partial charge on any atom is 0.432 e. The van der Waals surface area contributed by atoms with Crippen molar-refractivity contribution in [2.45, 2.75) is 25.6 Å². The number of nitrogens with two attached hydrogens (primary N) is 1.